The zero-order valence-electron chi connectivity index (χ0n) is 12.6. The monoisotopic (exact) mass is 297 g/mol. The lowest BCUT2D eigenvalue weighted by Crippen LogP contribution is -2.05. The molecule has 0 spiro atoms. The molecule has 0 amide bonds. The molecule has 108 valence electrons. The van der Waals surface area contributed by atoms with Gasteiger partial charge in [-0.25, -0.2) is 9.97 Å². The summed E-state index contributed by atoms with van der Waals surface area (Å²) in [4.78, 5) is 10.9. The van der Waals surface area contributed by atoms with Crippen molar-refractivity contribution < 1.29 is 0 Å². The molecule has 0 fully saturated rings. The van der Waals surface area contributed by atoms with Crippen LogP contribution in [0.25, 0.3) is 21.6 Å². The summed E-state index contributed by atoms with van der Waals surface area (Å²) < 4.78 is 0. The minimum absolute atomic E-state index is 0.868. The minimum Gasteiger partial charge on any atom is -0.315 e. The molecule has 3 nitrogen and oxygen atoms in total. The molecule has 1 aromatic carbocycles. The normalized spacial score (nSPS) is 11.2. The molecule has 0 atom stereocenters. The van der Waals surface area contributed by atoms with E-state index in [1.165, 1.54) is 21.5 Å². The van der Waals surface area contributed by atoms with Crippen LogP contribution < -0.4 is 5.32 Å². The number of benzene rings is 1. The molecule has 3 rings (SSSR count). The summed E-state index contributed by atoms with van der Waals surface area (Å²) in [6, 6.07) is 10.4. The fraction of sp³-hybridized carbons (Fsp3) is 0.294. The summed E-state index contributed by atoms with van der Waals surface area (Å²) in [6.07, 6.45) is 0.958. The zero-order valence-corrected chi connectivity index (χ0v) is 13.4. The third-order valence-corrected chi connectivity index (χ3v) is 4.71. The van der Waals surface area contributed by atoms with Crippen LogP contribution >= 0.6 is 11.3 Å². The third-order valence-electron chi connectivity index (χ3n) is 3.59. The first-order valence-electron chi connectivity index (χ1n) is 7.23. The van der Waals surface area contributed by atoms with E-state index < -0.39 is 0 Å². The highest BCUT2D eigenvalue weighted by molar-refractivity contribution is 7.15. The van der Waals surface area contributed by atoms with Crippen molar-refractivity contribution in [2.24, 2.45) is 0 Å². The SMILES string of the molecule is CCc1nc(-c2cc(C)c3ccccc3n2)sc1CNC. The maximum Gasteiger partial charge on any atom is 0.142 e. The topological polar surface area (TPSA) is 37.8 Å². The van der Waals surface area contributed by atoms with E-state index in [4.69, 9.17) is 9.97 Å². The number of pyridine rings is 1. The number of nitrogens with zero attached hydrogens (tertiary/aromatic N) is 2. The second kappa shape index (κ2) is 5.92. The van der Waals surface area contributed by atoms with Gasteiger partial charge < -0.3 is 5.32 Å². The van der Waals surface area contributed by atoms with E-state index in [9.17, 15) is 0 Å². The largest absolute Gasteiger partial charge is 0.315 e. The van der Waals surface area contributed by atoms with E-state index in [0.717, 1.165) is 29.2 Å². The predicted octanol–water partition coefficient (Wildman–Crippen LogP) is 3.95. The minimum atomic E-state index is 0.868. The Morgan fingerprint density at radius 3 is 2.76 bits per heavy atom. The van der Waals surface area contributed by atoms with Gasteiger partial charge in [-0.3, -0.25) is 0 Å². The summed E-state index contributed by atoms with van der Waals surface area (Å²) in [5.74, 6) is 0. The first-order chi connectivity index (χ1) is 10.2. The molecule has 0 bridgehead atoms. The summed E-state index contributed by atoms with van der Waals surface area (Å²) in [7, 11) is 1.97. The van der Waals surface area contributed by atoms with Crippen LogP contribution in [0.3, 0.4) is 0 Å². The summed E-state index contributed by atoms with van der Waals surface area (Å²) in [5, 5.41) is 5.45. The van der Waals surface area contributed by atoms with E-state index in [1.54, 1.807) is 11.3 Å². The molecule has 2 aromatic heterocycles. The Bertz CT molecular complexity index is 777. The van der Waals surface area contributed by atoms with E-state index in [1.807, 2.05) is 13.1 Å². The average molecular weight is 297 g/mol. The molecular formula is C17H19N3S. The van der Waals surface area contributed by atoms with Crippen LogP contribution in [0, 0.1) is 6.92 Å². The van der Waals surface area contributed by atoms with Gasteiger partial charge in [0.05, 0.1) is 16.9 Å². The fourth-order valence-electron chi connectivity index (χ4n) is 2.53. The van der Waals surface area contributed by atoms with Gasteiger partial charge in [0.15, 0.2) is 0 Å². The summed E-state index contributed by atoms with van der Waals surface area (Å²) in [5.41, 5.74) is 4.44. The van der Waals surface area contributed by atoms with Gasteiger partial charge in [0.2, 0.25) is 0 Å². The van der Waals surface area contributed by atoms with Gasteiger partial charge in [0, 0.05) is 16.8 Å². The number of aryl methyl sites for hydroxylation is 2. The predicted molar refractivity (Wildman–Crippen MR) is 89.7 cm³/mol. The number of para-hydroxylation sites is 1. The fourth-order valence-corrected chi connectivity index (χ4v) is 3.65. The van der Waals surface area contributed by atoms with E-state index in [2.05, 4.69) is 43.4 Å². The quantitative estimate of drug-likeness (QED) is 0.792. The number of aromatic nitrogens is 2. The number of thiazole rings is 1. The number of hydrogen-bond acceptors (Lipinski definition) is 4. The lowest BCUT2D eigenvalue weighted by molar-refractivity contribution is 0.814. The Kier molecular flexibility index (Phi) is 3.99. The molecule has 0 aliphatic carbocycles. The van der Waals surface area contributed by atoms with Crippen molar-refractivity contribution in [3.8, 4) is 10.7 Å². The number of fused-ring (bicyclic) bond motifs is 1. The number of rotatable bonds is 4. The first kappa shape index (κ1) is 14.2. The highest BCUT2D eigenvalue weighted by atomic mass is 32.1. The van der Waals surface area contributed by atoms with Crippen molar-refractivity contribution in [2.45, 2.75) is 26.8 Å². The molecule has 0 aliphatic rings. The van der Waals surface area contributed by atoms with Crippen LogP contribution in [0.5, 0.6) is 0 Å². The van der Waals surface area contributed by atoms with Crippen molar-refractivity contribution in [3.05, 3.63) is 46.5 Å². The Labute approximate surface area is 129 Å². The van der Waals surface area contributed by atoms with Crippen molar-refractivity contribution in [2.75, 3.05) is 7.05 Å². The summed E-state index contributed by atoms with van der Waals surface area (Å²) >= 11 is 1.74. The third kappa shape index (κ3) is 2.69. The van der Waals surface area contributed by atoms with Crippen molar-refractivity contribution in [3.63, 3.8) is 0 Å². The molecule has 0 aliphatic heterocycles. The van der Waals surface area contributed by atoms with E-state index in [0.29, 0.717) is 0 Å². The van der Waals surface area contributed by atoms with Gasteiger partial charge in [-0.05, 0) is 38.1 Å². The molecular weight excluding hydrogens is 278 g/mol. The Morgan fingerprint density at radius 1 is 1.19 bits per heavy atom. The zero-order chi connectivity index (χ0) is 14.8. The van der Waals surface area contributed by atoms with E-state index >= 15 is 0 Å². The smallest absolute Gasteiger partial charge is 0.142 e. The van der Waals surface area contributed by atoms with Gasteiger partial charge in [0.1, 0.15) is 5.01 Å². The van der Waals surface area contributed by atoms with Crippen LogP contribution in [0.15, 0.2) is 30.3 Å². The van der Waals surface area contributed by atoms with Gasteiger partial charge in [0.25, 0.3) is 0 Å². The molecule has 0 radical (unpaired) electrons. The van der Waals surface area contributed by atoms with Crippen molar-refractivity contribution in [1.82, 2.24) is 15.3 Å². The average Bonchev–Trinajstić information content (AvgIpc) is 2.91. The highest BCUT2D eigenvalue weighted by Gasteiger charge is 2.13. The summed E-state index contributed by atoms with van der Waals surface area (Å²) in [6.45, 7) is 5.15. The van der Waals surface area contributed by atoms with Crippen LogP contribution in [0.2, 0.25) is 0 Å². The van der Waals surface area contributed by atoms with Gasteiger partial charge in [-0.2, -0.15) is 0 Å². The van der Waals surface area contributed by atoms with Crippen LogP contribution in [0.4, 0.5) is 0 Å². The maximum atomic E-state index is 4.78. The van der Waals surface area contributed by atoms with E-state index in [-0.39, 0.29) is 0 Å². The van der Waals surface area contributed by atoms with Crippen LogP contribution in [0.1, 0.15) is 23.1 Å². The second-order valence-corrected chi connectivity index (χ2v) is 6.20. The van der Waals surface area contributed by atoms with Crippen molar-refractivity contribution >= 4 is 22.2 Å². The molecule has 0 saturated heterocycles. The molecule has 3 aromatic rings. The molecule has 21 heavy (non-hydrogen) atoms. The molecule has 2 heterocycles. The van der Waals surface area contributed by atoms with Crippen LogP contribution in [-0.4, -0.2) is 17.0 Å². The van der Waals surface area contributed by atoms with Crippen molar-refractivity contribution in [1.29, 1.82) is 0 Å². The maximum absolute atomic E-state index is 4.78. The Balaban J connectivity index is 2.12. The lowest BCUT2D eigenvalue weighted by atomic mass is 10.1. The Hall–Kier alpha value is -1.78. The van der Waals surface area contributed by atoms with Gasteiger partial charge in [-0.1, -0.05) is 25.1 Å². The van der Waals surface area contributed by atoms with Gasteiger partial charge >= 0.3 is 0 Å². The van der Waals surface area contributed by atoms with Gasteiger partial charge in [-0.15, -0.1) is 11.3 Å². The molecule has 0 saturated carbocycles. The Morgan fingerprint density at radius 2 is 2.00 bits per heavy atom. The van der Waals surface area contributed by atoms with Crippen LogP contribution in [-0.2, 0) is 13.0 Å². The molecule has 1 N–H and O–H groups in total. The number of hydrogen-bond donors (Lipinski definition) is 1. The molecule has 0 unspecified atom stereocenters. The lowest BCUT2D eigenvalue weighted by Gasteiger charge is -2.04. The standard InChI is InChI=1S/C17H19N3S/c1-4-13-16(10-18-3)21-17(20-13)15-9-11(2)12-7-5-6-8-14(12)19-15/h5-9,18H,4,10H2,1-3H3. The highest BCUT2D eigenvalue weighted by Crippen LogP contribution is 2.30. The first-order valence-corrected chi connectivity index (χ1v) is 8.04. The molecule has 4 heteroatoms. The second-order valence-electron chi connectivity index (χ2n) is 5.11. The number of nitrogens with one attached hydrogen (secondary N) is 1.